The molecule has 2 N–H and O–H groups in total. The van der Waals surface area contributed by atoms with Crippen molar-refractivity contribution < 1.29 is 14.3 Å². The summed E-state index contributed by atoms with van der Waals surface area (Å²) in [5.41, 5.74) is 3.59. The fourth-order valence-electron chi connectivity index (χ4n) is 4.92. The van der Waals surface area contributed by atoms with Crippen molar-refractivity contribution in [1.29, 1.82) is 0 Å². The number of rotatable bonds is 5. The first-order chi connectivity index (χ1) is 20.1. The molecule has 0 saturated carbocycles. The van der Waals surface area contributed by atoms with E-state index in [1.807, 2.05) is 47.5 Å². The molecular formula is C29H29ClN8O3. The number of hydrogen-bond acceptors (Lipinski definition) is 10. The monoisotopic (exact) mass is 572 g/mol. The van der Waals surface area contributed by atoms with E-state index < -0.39 is 0 Å². The largest absolute Gasteiger partial charge is 0.493 e. The molecule has 0 spiro atoms. The van der Waals surface area contributed by atoms with Crippen LogP contribution in [0.5, 0.6) is 11.5 Å². The lowest BCUT2D eigenvalue weighted by molar-refractivity contribution is -0.133. The molecule has 3 aromatic heterocycles. The number of pyridine rings is 2. The lowest BCUT2D eigenvalue weighted by atomic mass is 10.0. The van der Waals surface area contributed by atoms with Crippen molar-refractivity contribution >= 4 is 46.5 Å². The molecule has 12 heteroatoms. The maximum atomic E-state index is 13.1. The maximum Gasteiger partial charge on any atom is 0.260 e. The van der Waals surface area contributed by atoms with E-state index in [0.717, 1.165) is 40.5 Å². The summed E-state index contributed by atoms with van der Waals surface area (Å²) in [7, 11) is 1.64. The molecule has 210 valence electrons. The highest BCUT2D eigenvalue weighted by Gasteiger charge is 2.24. The minimum absolute atomic E-state index is 0.0469. The Kier molecular flexibility index (Phi) is 7.68. The Morgan fingerprint density at radius 3 is 2.71 bits per heavy atom. The van der Waals surface area contributed by atoms with E-state index in [4.69, 9.17) is 21.1 Å². The molecule has 0 aliphatic carbocycles. The predicted octanol–water partition coefficient (Wildman–Crippen LogP) is 4.24. The van der Waals surface area contributed by atoms with Gasteiger partial charge in [0.05, 0.1) is 25.2 Å². The second kappa shape index (κ2) is 11.8. The summed E-state index contributed by atoms with van der Waals surface area (Å²) in [5, 5.41) is 6.86. The van der Waals surface area contributed by atoms with Crippen molar-refractivity contribution in [2.45, 2.75) is 12.8 Å². The van der Waals surface area contributed by atoms with Gasteiger partial charge in [0.1, 0.15) is 10.8 Å². The third-order valence-electron chi connectivity index (χ3n) is 7.06. The summed E-state index contributed by atoms with van der Waals surface area (Å²) in [6, 6.07) is 11.5. The third-order valence-corrected chi connectivity index (χ3v) is 7.33. The van der Waals surface area contributed by atoms with E-state index in [0.29, 0.717) is 55.1 Å². The SMILES string of the molecule is COc1cccnc1N1CCN(C(=O)COc2ccc3cc2CCc2cncc(c2)Nc2ncc(Cl)c(n2)N3)CC1. The lowest BCUT2D eigenvalue weighted by Crippen LogP contribution is -2.50. The zero-order valence-electron chi connectivity index (χ0n) is 22.5. The van der Waals surface area contributed by atoms with Crippen LogP contribution in [0.15, 0.2) is 61.2 Å². The molecule has 4 aromatic rings. The van der Waals surface area contributed by atoms with Crippen LogP contribution in [0, 0.1) is 0 Å². The summed E-state index contributed by atoms with van der Waals surface area (Å²) in [4.78, 5) is 34.7. The number of nitrogens with one attached hydrogen (secondary N) is 2. The molecule has 2 aliphatic rings. The zero-order chi connectivity index (χ0) is 28.2. The zero-order valence-corrected chi connectivity index (χ0v) is 23.3. The van der Waals surface area contributed by atoms with Crippen molar-refractivity contribution in [3.8, 4) is 11.5 Å². The second-order valence-electron chi connectivity index (χ2n) is 9.73. The van der Waals surface area contributed by atoms with Gasteiger partial charge in [0, 0.05) is 44.3 Å². The molecule has 1 amide bonds. The molecular weight excluding hydrogens is 544 g/mol. The molecule has 41 heavy (non-hydrogen) atoms. The number of carbonyl (C=O) groups excluding carboxylic acids is 1. The molecule has 5 heterocycles. The number of ether oxygens (including phenoxy) is 2. The Morgan fingerprint density at radius 2 is 1.85 bits per heavy atom. The predicted molar refractivity (Wildman–Crippen MR) is 157 cm³/mol. The van der Waals surface area contributed by atoms with Gasteiger partial charge in [0.25, 0.3) is 5.91 Å². The van der Waals surface area contributed by atoms with Gasteiger partial charge in [-0.3, -0.25) is 9.78 Å². The average Bonchev–Trinajstić information content (AvgIpc) is 3.01. The number of halogens is 1. The number of aromatic nitrogens is 4. The number of fused-ring (bicyclic) bond motifs is 6. The first-order valence-corrected chi connectivity index (χ1v) is 13.7. The van der Waals surface area contributed by atoms with Gasteiger partial charge in [-0.15, -0.1) is 0 Å². The Hall–Kier alpha value is -4.64. The molecule has 6 rings (SSSR count). The molecule has 1 fully saturated rings. The van der Waals surface area contributed by atoms with Crippen LogP contribution in [0.4, 0.5) is 29.0 Å². The first kappa shape index (κ1) is 26.6. The number of amides is 1. The third kappa shape index (κ3) is 6.09. The van der Waals surface area contributed by atoms with E-state index in [1.54, 1.807) is 25.7 Å². The lowest BCUT2D eigenvalue weighted by Gasteiger charge is -2.35. The number of nitrogens with zero attached hydrogens (tertiary/aromatic N) is 6. The number of carbonyl (C=O) groups is 1. The number of benzene rings is 1. The van der Waals surface area contributed by atoms with Gasteiger partial charge >= 0.3 is 0 Å². The normalized spacial score (nSPS) is 14.5. The topological polar surface area (TPSA) is 118 Å². The second-order valence-corrected chi connectivity index (χ2v) is 10.1. The van der Waals surface area contributed by atoms with Crippen LogP contribution in [0.25, 0.3) is 0 Å². The standard InChI is InChI=1S/C29H29ClN8O3/c1-40-25-3-2-8-32-28(25)38-11-9-37(10-12-38)26(39)18-41-24-7-6-21-14-20(24)5-4-19-13-22(16-31-15-19)35-29-33-17-23(30)27(34-21)36-29/h2-3,6-8,13-17H,4-5,9-12,18H2,1H3,(H2,33,34,35,36). The van der Waals surface area contributed by atoms with Gasteiger partial charge in [-0.1, -0.05) is 11.6 Å². The fourth-order valence-corrected chi connectivity index (χ4v) is 5.06. The van der Waals surface area contributed by atoms with E-state index in [2.05, 4.69) is 35.5 Å². The highest BCUT2D eigenvalue weighted by atomic mass is 35.5. The number of anilines is 5. The van der Waals surface area contributed by atoms with Crippen LogP contribution in [-0.2, 0) is 17.6 Å². The quantitative estimate of drug-likeness (QED) is 0.359. The molecule has 0 atom stereocenters. The van der Waals surface area contributed by atoms with Crippen molar-refractivity contribution in [3.05, 3.63) is 77.3 Å². The average molecular weight is 573 g/mol. The number of piperazine rings is 1. The minimum atomic E-state index is -0.0556. The molecule has 11 nitrogen and oxygen atoms in total. The van der Waals surface area contributed by atoms with Crippen LogP contribution in [0.2, 0.25) is 5.02 Å². The van der Waals surface area contributed by atoms with E-state index >= 15 is 0 Å². The van der Waals surface area contributed by atoms with Gasteiger partial charge in [0.15, 0.2) is 24.0 Å². The van der Waals surface area contributed by atoms with E-state index in [-0.39, 0.29) is 12.5 Å². The summed E-state index contributed by atoms with van der Waals surface area (Å²) < 4.78 is 11.6. The van der Waals surface area contributed by atoms with Crippen LogP contribution < -0.4 is 25.0 Å². The van der Waals surface area contributed by atoms with Crippen LogP contribution in [0.1, 0.15) is 11.1 Å². The molecule has 6 bridgehead atoms. The molecule has 2 aliphatic heterocycles. The smallest absolute Gasteiger partial charge is 0.260 e. The van der Waals surface area contributed by atoms with Crippen LogP contribution in [0.3, 0.4) is 0 Å². The van der Waals surface area contributed by atoms with Crippen LogP contribution >= 0.6 is 11.6 Å². The van der Waals surface area contributed by atoms with Gasteiger partial charge in [-0.05, 0) is 60.4 Å². The summed E-state index contributed by atoms with van der Waals surface area (Å²) >= 11 is 6.37. The molecule has 0 unspecified atom stereocenters. The minimum Gasteiger partial charge on any atom is -0.493 e. The fraction of sp³-hybridized carbons (Fsp3) is 0.276. The van der Waals surface area contributed by atoms with E-state index in [1.165, 1.54) is 0 Å². The Bertz CT molecular complexity index is 1560. The summed E-state index contributed by atoms with van der Waals surface area (Å²) in [6.45, 7) is 2.45. The van der Waals surface area contributed by atoms with Crippen molar-refractivity contribution in [2.24, 2.45) is 0 Å². The van der Waals surface area contributed by atoms with Crippen LogP contribution in [-0.4, -0.2) is 70.6 Å². The molecule has 0 radical (unpaired) electrons. The highest BCUT2D eigenvalue weighted by molar-refractivity contribution is 6.32. The van der Waals surface area contributed by atoms with Gasteiger partial charge in [-0.2, -0.15) is 4.98 Å². The molecule has 1 aromatic carbocycles. The van der Waals surface area contributed by atoms with Gasteiger partial charge in [0.2, 0.25) is 5.95 Å². The summed E-state index contributed by atoms with van der Waals surface area (Å²) in [5.74, 6) is 3.01. The number of aryl methyl sites for hydroxylation is 2. The first-order valence-electron chi connectivity index (χ1n) is 13.3. The number of hydrogen-bond donors (Lipinski definition) is 2. The number of methoxy groups -OCH3 is 1. The summed E-state index contributed by atoms with van der Waals surface area (Å²) in [6.07, 6.45) is 8.28. The van der Waals surface area contributed by atoms with Gasteiger partial charge in [-0.25, -0.2) is 9.97 Å². The van der Waals surface area contributed by atoms with Gasteiger partial charge < -0.3 is 29.9 Å². The van der Waals surface area contributed by atoms with Crippen molar-refractivity contribution in [1.82, 2.24) is 24.8 Å². The Morgan fingerprint density at radius 1 is 0.976 bits per heavy atom. The molecule has 1 saturated heterocycles. The van der Waals surface area contributed by atoms with Crippen molar-refractivity contribution in [3.63, 3.8) is 0 Å². The van der Waals surface area contributed by atoms with E-state index in [9.17, 15) is 4.79 Å². The Labute approximate surface area is 242 Å². The maximum absolute atomic E-state index is 13.1. The Balaban J connectivity index is 1.15. The highest BCUT2D eigenvalue weighted by Crippen LogP contribution is 2.30. The van der Waals surface area contributed by atoms with Crippen molar-refractivity contribution in [2.75, 3.05) is 55.4 Å².